The number of benzene rings is 1. The summed E-state index contributed by atoms with van der Waals surface area (Å²) in [5, 5.41) is 31.3. The topological polar surface area (TPSA) is 72.7 Å². The molecule has 1 aromatic carbocycles. The van der Waals surface area contributed by atoms with Gasteiger partial charge >= 0.3 is 0 Å². The largest absolute Gasteiger partial charge is 0.504 e. The van der Waals surface area contributed by atoms with Crippen LogP contribution in [0.25, 0.3) is 0 Å². The molecule has 4 heteroatoms. The highest BCUT2D eigenvalue weighted by molar-refractivity contribution is 5.40. The second-order valence-electron chi connectivity index (χ2n) is 4.79. The summed E-state index contributed by atoms with van der Waals surface area (Å²) in [6, 6.07) is 4.78. The maximum absolute atomic E-state index is 9.44. The van der Waals surface area contributed by atoms with E-state index in [9.17, 15) is 15.3 Å². The summed E-state index contributed by atoms with van der Waals surface area (Å²) in [7, 11) is 0. The van der Waals surface area contributed by atoms with Gasteiger partial charge in [0, 0.05) is 25.1 Å². The quantitative estimate of drug-likeness (QED) is 0.561. The zero-order valence-electron chi connectivity index (χ0n) is 11.1. The van der Waals surface area contributed by atoms with Crippen LogP contribution in [0.15, 0.2) is 18.2 Å². The number of hydrogen-bond donors (Lipinski definition) is 4. The van der Waals surface area contributed by atoms with Gasteiger partial charge in [-0.3, -0.25) is 0 Å². The zero-order valence-corrected chi connectivity index (χ0v) is 11.1. The van der Waals surface area contributed by atoms with Crippen LogP contribution in [0.2, 0.25) is 0 Å². The summed E-state index contributed by atoms with van der Waals surface area (Å²) in [4.78, 5) is 0. The summed E-state index contributed by atoms with van der Waals surface area (Å²) < 4.78 is 0. The van der Waals surface area contributed by atoms with Gasteiger partial charge in [0.15, 0.2) is 11.5 Å². The molecule has 0 heterocycles. The molecule has 0 aliphatic carbocycles. The third-order valence-electron chi connectivity index (χ3n) is 3.70. The second-order valence-corrected chi connectivity index (χ2v) is 4.79. The van der Waals surface area contributed by atoms with E-state index in [1.54, 1.807) is 12.1 Å². The zero-order chi connectivity index (χ0) is 13.6. The lowest BCUT2D eigenvalue weighted by Crippen LogP contribution is -2.36. The molecule has 4 N–H and O–H groups in total. The minimum atomic E-state index is -0.106. The predicted octanol–water partition coefficient (Wildman–Crippen LogP) is 1.99. The van der Waals surface area contributed by atoms with Crippen molar-refractivity contribution in [1.82, 2.24) is 5.32 Å². The van der Waals surface area contributed by atoms with Crippen LogP contribution in [0.4, 0.5) is 0 Å². The molecule has 1 aromatic rings. The van der Waals surface area contributed by atoms with E-state index in [1.807, 2.05) is 0 Å². The van der Waals surface area contributed by atoms with Crippen molar-refractivity contribution in [2.75, 3.05) is 13.2 Å². The van der Waals surface area contributed by atoms with Crippen LogP contribution in [-0.4, -0.2) is 28.5 Å². The first-order chi connectivity index (χ1) is 8.56. The summed E-state index contributed by atoms with van der Waals surface area (Å²) in [5.41, 5.74) is 0.836. The fourth-order valence-electron chi connectivity index (χ4n) is 1.93. The number of aliphatic hydroxyl groups excluding tert-OH is 1. The molecule has 0 atom stereocenters. The van der Waals surface area contributed by atoms with Gasteiger partial charge in [-0.05, 0) is 30.5 Å². The summed E-state index contributed by atoms with van der Waals surface area (Å²) in [5.74, 6) is -0.209. The first-order valence-corrected chi connectivity index (χ1v) is 6.39. The molecule has 0 aliphatic heterocycles. The molecule has 0 saturated heterocycles. The molecule has 102 valence electrons. The van der Waals surface area contributed by atoms with E-state index in [0.29, 0.717) is 6.54 Å². The van der Waals surface area contributed by atoms with Crippen molar-refractivity contribution in [2.24, 2.45) is 5.41 Å². The lowest BCUT2D eigenvalue weighted by molar-refractivity contribution is 0.113. The van der Waals surface area contributed by atoms with Crippen LogP contribution < -0.4 is 5.32 Å². The van der Waals surface area contributed by atoms with Crippen molar-refractivity contribution in [3.63, 3.8) is 0 Å². The highest BCUT2D eigenvalue weighted by Gasteiger charge is 2.24. The molecule has 18 heavy (non-hydrogen) atoms. The fraction of sp³-hybridized carbons (Fsp3) is 0.571. The third kappa shape index (κ3) is 3.62. The Labute approximate surface area is 108 Å². The molecule has 0 amide bonds. The van der Waals surface area contributed by atoms with Crippen LogP contribution in [0.5, 0.6) is 11.5 Å². The summed E-state index contributed by atoms with van der Waals surface area (Å²) >= 11 is 0. The third-order valence-corrected chi connectivity index (χ3v) is 3.70. The van der Waals surface area contributed by atoms with Crippen LogP contribution in [0, 0.1) is 5.41 Å². The Kier molecular flexibility index (Phi) is 5.44. The first kappa shape index (κ1) is 14.8. The van der Waals surface area contributed by atoms with Crippen LogP contribution in [-0.2, 0) is 6.54 Å². The molecule has 0 aliphatic rings. The highest BCUT2D eigenvalue weighted by Crippen LogP contribution is 2.26. The van der Waals surface area contributed by atoms with Gasteiger partial charge in [0.25, 0.3) is 0 Å². The van der Waals surface area contributed by atoms with Crippen molar-refractivity contribution < 1.29 is 15.3 Å². The Bertz CT molecular complexity index is 367. The van der Waals surface area contributed by atoms with E-state index >= 15 is 0 Å². The van der Waals surface area contributed by atoms with E-state index < -0.39 is 0 Å². The lowest BCUT2D eigenvalue weighted by atomic mass is 9.83. The Balaban J connectivity index is 2.52. The Morgan fingerprint density at radius 3 is 2.28 bits per heavy atom. The molecule has 1 rings (SSSR count). The fourth-order valence-corrected chi connectivity index (χ4v) is 1.93. The van der Waals surface area contributed by atoms with Crippen LogP contribution >= 0.6 is 0 Å². The molecular weight excluding hydrogens is 230 g/mol. The second kappa shape index (κ2) is 6.61. The van der Waals surface area contributed by atoms with Gasteiger partial charge in [-0.1, -0.05) is 19.9 Å². The van der Waals surface area contributed by atoms with Crippen LogP contribution in [0.3, 0.4) is 0 Å². The van der Waals surface area contributed by atoms with E-state index in [4.69, 9.17) is 0 Å². The van der Waals surface area contributed by atoms with Crippen molar-refractivity contribution in [3.8, 4) is 11.5 Å². The van der Waals surface area contributed by atoms with Crippen molar-refractivity contribution in [3.05, 3.63) is 23.8 Å². The van der Waals surface area contributed by atoms with E-state index in [1.165, 1.54) is 6.07 Å². The number of rotatable bonds is 7. The van der Waals surface area contributed by atoms with Gasteiger partial charge in [0.05, 0.1) is 0 Å². The predicted molar refractivity (Wildman–Crippen MR) is 71.6 cm³/mol. The van der Waals surface area contributed by atoms with Crippen LogP contribution in [0.1, 0.15) is 32.3 Å². The van der Waals surface area contributed by atoms with E-state index in [-0.39, 0.29) is 23.5 Å². The lowest BCUT2D eigenvalue weighted by Gasteiger charge is -2.29. The van der Waals surface area contributed by atoms with Gasteiger partial charge in [-0.2, -0.15) is 0 Å². The minimum Gasteiger partial charge on any atom is -0.504 e. The van der Waals surface area contributed by atoms with Crippen molar-refractivity contribution >= 4 is 0 Å². The van der Waals surface area contributed by atoms with Gasteiger partial charge in [-0.25, -0.2) is 0 Å². The van der Waals surface area contributed by atoms with Gasteiger partial charge in [-0.15, -0.1) is 0 Å². The molecule has 0 saturated carbocycles. The van der Waals surface area contributed by atoms with Gasteiger partial charge in [0.1, 0.15) is 0 Å². The molecule has 4 nitrogen and oxygen atoms in total. The smallest absolute Gasteiger partial charge is 0.157 e. The van der Waals surface area contributed by atoms with E-state index in [0.717, 1.165) is 24.9 Å². The molecule has 0 radical (unpaired) electrons. The molecule has 0 bridgehead atoms. The van der Waals surface area contributed by atoms with E-state index in [2.05, 4.69) is 19.2 Å². The SMILES string of the molecule is CCC(CC)(CO)CNCc1ccc(O)c(O)c1. The Morgan fingerprint density at radius 2 is 1.78 bits per heavy atom. The van der Waals surface area contributed by atoms with Gasteiger partial charge < -0.3 is 20.6 Å². The molecule has 0 unspecified atom stereocenters. The normalized spacial score (nSPS) is 11.7. The average molecular weight is 253 g/mol. The van der Waals surface area contributed by atoms with Crippen molar-refractivity contribution in [2.45, 2.75) is 33.2 Å². The van der Waals surface area contributed by atoms with Gasteiger partial charge in [0.2, 0.25) is 0 Å². The number of hydrogen-bond acceptors (Lipinski definition) is 4. The molecule has 0 fully saturated rings. The highest BCUT2D eigenvalue weighted by atomic mass is 16.3. The number of phenolic OH excluding ortho intramolecular Hbond substituents is 2. The standard InChI is InChI=1S/C14H23NO3/c1-3-14(4-2,10-16)9-15-8-11-5-6-12(17)13(18)7-11/h5-7,15-18H,3-4,8-10H2,1-2H3. The molecule has 0 spiro atoms. The summed E-state index contributed by atoms with van der Waals surface area (Å²) in [6.45, 7) is 5.67. The number of nitrogens with one attached hydrogen (secondary N) is 1. The maximum atomic E-state index is 9.44. The Morgan fingerprint density at radius 1 is 1.11 bits per heavy atom. The monoisotopic (exact) mass is 253 g/mol. The number of aromatic hydroxyl groups is 2. The number of phenols is 2. The molecular formula is C14H23NO3. The average Bonchev–Trinajstić information content (AvgIpc) is 2.39. The van der Waals surface area contributed by atoms with Crippen molar-refractivity contribution in [1.29, 1.82) is 0 Å². The summed E-state index contributed by atoms with van der Waals surface area (Å²) in [6.07, 6.45) is 1.85. The first-order valence-electron chi connectivity index (χ1n) is 6.39. The number of aliphatic hydroxyl groups is 1. The molecule has 0 aromatic heterocycles. The minimum absolute atomic E-state index is 0.0705. The Hall–Kier alpha value is -1.26. The maximum Gasteiger partial charge on any atom is 0.157 e.